The van der Waals surface area contributed by atoms with Crippen LogP contribution in [-0.4, -0.2) is 41.9 Å². The maximum absolute atomic E-state index is 13.8. The molecule has 1 heterocycles. The van der Waals surface area contributed by atoms with E-state index in [9.17, 15) is 4.39 Å². The molecule has 0 N–H and O–H groups in total. The molecule has 0 aliphatic carbocycles. The van der Waals surface area contributed by atoms with Crippen molar-refractivity contribution in [1.82, 2.24) is 14.7 Å². The van der Waals surface area contributed by atoms with Crippen molar-refractivity contribution in [3.8, 4) is 17.0 Å². The molecule has 2 rings (SSSR count). The SMILES string of the molecule is CN(C)CCCOc1ccccc1-c1c(F)cnn1C. The Balaban J connectivity index is 2.15. The van der Waals surface area contributed by atoms with Gasteiger partial charge in [0.25, 0.3) is 0 Å². The van der Waals surface area contributed by atoms with Crippen molar-refractivity contribution >= 4 is 0 Å². The third-order valence-electron chi connectivity index (χ3n) is 3.04. The number of aryl methyl sites for hydroxylation is 1. The smallest absolute Gasteiger partial charge is 0.169 e. The highest BCUT2D eigenvalue weighted by Gasteiger charge is 2.14. The monoisotopic (exact) mass is 277 g/mol. The van der Waals surface area contributed by atoms with Crippen LogP contribution >= 0.6 is 0 Å². The first-order chi connectivity index (χ1) is 9.59. The highest BCUT2D eigenvalue weighted by molar-refractivity contribution is 5.67. The lowest BCUT2D eigenvalue weighted by atomic mass is 10.1. The third-order valence-corrected chi connectivity index (χ3v) is 3.04. The van der Waals surface area contributed by atoms with Crippen molar-refractivity contribution in [2.24, 2.45) is 7.05 Å². The Morgan fingerprint density at radius 2 is 2.05 bits per heavy atom. The molecule has 0 unspecified atom stereocenters. The molecule has 20 heavy (non-hydrogen) atoms. The van der Waals surface area contributed by atoms with E-state index >= 15 is 0 Å². The minimum absolute atomic E-state index is 0.336. The first-order valence-electron chi connectivity index (χ1n) is 6.64. The molecule has 0 amide bonds. The maximum atomic E-state index is 13.8. The zero-order chi connectivity index (χ0) is 14.5. The molecule has 0 atom stereocenters. The van der Waals surface area contributed by atoms with Gasteiger partial charge in [0.15, 0.2) is 5.82 Å². The summed E-state index contributed by atoms with van der Waals surface area (Å²) in [5.74, 6) is 0.352. The van der Waals surface area contributed by atoms with Crippen LogP contribution in [0.2, 0.25) is 0 Å². The van der Waals surface area contributed by atoms with Gasteiger partial charge in [0.05, 0.1) is 12.8 Å². The number of benzene rings is 1. The van der Waals surface area contributed by atoms with E-state index in [1.54, 1.807) is 7.05 Å². The minimum Gasteiger partial charge on any atom is -0.493 e. The summed E-state index contributed by atoms with van der Waals surface area (Å²) in [6.07, 6.45) is 2.15. The van der Waals surface area contributed by atoms with Crippen LogP contribution in [0, 0.1) is 5.82 Å². The maximum Gasteiger partial charge on any atom is 0.169 e. The Bertz CT molecular complexity index is 546. The molecule has 4 nitrogen and oxygen atoms in total. The first-order valence-corrected chi connectivity index (χ1v) is 6.64. The lowest BCUT2D eigenvalue weighted by Crippen LogP contribution is -2.15. The quantitative estimate of drug-likeness (QED) is 0.760. The van der Waals surface area contributed by atoms with Crippen LogP contribution in [0.4, 0.5) is 4.39 Å². The van der Waals surface area contributed by atoms with E-state index in [1.165, 1.54) is 10.9 Å². The second-order valence-corrected chi connectivity index (χ2v) is 4.97. The van der Waals surface area contributed by atoms with E-state index in [2.05, 4.69) is 10.00 Å². The van der Waals surface area contributed by atoms with Gasteiger partial charge in [-0.05, 0) is 32.6 Å². The summed E-state index contributed by atoms with van der Waals surface area (Å²) in [5.41, 5.74) is 1.18. The number of rotatable bonds is 6. The van der Waals surface area contributed by atoms with Crippen LogP contribution in [0.25, 0.3) is 11.3 Å². The van der Waals surface area contributed by atoms with Crippen molar-refractivity contribution in [3.63, 3.8) is 0 Å². The van der Waals surface area contributed by atoms with Crippen molar-refractivity contribution < 1.29 is 9.13 Å². The van der Waals surface area contributed by atoms with Crippen molar-refractivity contribution in [2.75, 3.05) is 27.2 Å². The normalized spacial score (nSPS) is 11.1. The number of ether oxygens (including phenoxy) is 1. The lowest BCUT2D eigenvalue weighted by Gasteiger charge is -2.13. The van der Waals surface area contributed by atoms with Gasteiger partial charge < -0.3 is 9.64 Å². The van der Waals surface area contributed by atoms with Crippen molar-refractivity contribution in [1.29, 1.82) is 0 Å². The summed E-state index contributed by atoms with van der Waals surface area (Å²) in [5, 5.41) is 3.93. The van der Waals surface area contributed by atoms with Crippen LogP contribution in [0.5, 0.6) is 5.75 Å². The number of para-hydroxylation sites is 1. The fraction of sp³-hybridized carbons (Fsp3) is 0.400. The predicted octanol–water partition coefficient (Wildman–Crippen LogP) is 2.56. The molecule has 0 spiro atoms. The molecule has 0 saturated heterocycles. The number of aromatic nitrogens is 2. The van der Waals surface area contributed by atoms with E-state index in [0.29, 0.717) is 18.1 Å². The number of halogens is 1. The number of nitrogens with zero attached hydrogens (tertiary/aromatic N) is 3. The molecule has 1 aromatic heterocycles. The van der Waals surface area contributed by atoms with Gasteiger partial charge in [-0.1, -0.05) is 12.1 Å². The van der Waals surface area contributed by atoms with Gasteiger partial charge in [-0.3, -0.25) is 4.68 Å². The van der Waals surface area contributed by atoms with E-state index in [-0.39, 0.29) is 5.82 Å². The van der Waals surface area contributed by atoms with Gasteiger partial charge >= 0.3 is 0 Å². The van der Waals surface area contributed by atoms with Gasteiger partial charge in [0, 0.05) is 19.2 Å². The summed E-state index contributed by atoms with van der Waals surface area (Å²) in [6.45, 7) is 1.57. The fourth-order valence-electron chi connectivity index (χ4n) is 2.06. The highest BCUT2D eigenvalue weighted by atomic mass is 19.1. The Labute approximate surface area is 118 Å². The van der Waals surface area contributed by atoms with Gasteiger partial charge in [0.2, 0.25) is 0 Å². The zero-order valence-electron chi connectivity index (χ0n) is 12.1. The predicted molar refractivity (Wildman–Crippen MR) is 77.3 cm³/mol. The topological polar surface area (TPSA) is 30.3 Å². The Morgan fingerprint density at radius 3 is 2.70 bits per heavy atom. The average molecular weight is 277 g/mol. The van der Waals surface area contributed by atoms with Gasteiger partial charge in [-0.2, -0.15) is 5.10 Å². The standard InChI is InChI=1S/C15H20FN3O/c1-18(2)9-6-10-20-14-8-5-4-7-12(14)15-13(16)11-17-19(15)3/h4-5,7-8,11H,6,9-10H2,1-3H3. The second kappa shape index (κ2) is 6.52. The van der Waals surface area contributed by atoms with Gasteiger partial charge in [-0.15, -0.1) is 0 Å². The summed E-state index contributed by atoms with van der Waals surface area (Å²) < 4.78 is 21.1. The molecular formula is C15H20FN3O. The van der Waals surface area contributed by atoms with Crippen LogP contribution in [0.1, 0.15) is 6.42 Å². The minimum atomic E-state index is -0.336. The van der Waals surface area contributed by atoms with Crippen LogP contribution < -0.4 is 4.74 Å². The molecule has 0 radical (unpaired) electrons. The summed E-state index contributed by atoms with van der Waals surface area (Å²) in [4.78, 5) is 2.11. The molecule has 0 aliphatic rings. The largest absolute Gasteiger partial charge is 0.493 e. The second-order valence-electron chi connectivity index (χ2n) is 4.97. The van der Waals surface area contributed by atoms with Gasteiger partial charge in [0.1, 0.15) is 11.4 Å². The summed E-state index contributed by atoms with van der Waals surface area (Å²) in [7, 11) is 5.78. The first kappa shape index (κ1) is 14.5. The van der Waals surface area contributed by atoms with Crippen molar-refractivity contribution in [3.05, 3.63) is 36.3 Å². The zero-order valence-corrected chi connectivity index (χ0v) is 12.1. The number of hydrogen-bond donors (Lipinski definition) is 0. The van der Waals surface area contributed by atoms with Crippen LogP contribution in [0.15, 0.2) is 30.5 Å². The van der Waals surface area contributed by atoms with Crippen molar-refractivity contribution in [2.45, 2.75) is 6.42 Å². The highest BCUT2D eigenvalue weighted by Crippen LogP contribution is 2.31. The molecule has 2 aromatic rings. The van der Waals surface area contributed by atoms with Crippen LogP contribution in [-0.2, 0) is 7.05 Å². The fourth-order valence-corrected chi connectivity index (χ4v) is 2.06. The van der Waals surface area contributed by atoms with Crippen LogP contribution in [0.3, 0.4) is 0 Å². The molecule has 0 bridgehead atoms. The third kappa shape index (κ3) is 3.36. The molecule has 1 aromatic carbocycles. The van der Waals surface area contributed by atoms with E-state index in [1.807, 2.05) is 38.4 Å². The Kier molecular flexibility index (Phi) is 4.74. The molecule has 108 valence electrons. The van der Waals surface area contributed by atoms with Gasteiger partial charge in [-0.25, -0.2) is 4.39 Å². The summed E-state index contributed by atoms with van der Waals surface area (Å²) in [6, 6.07) is 7.46. The lowest BCUT2D eigenvalue weighted by molar-refractivity contribution is 0.282. The van der Waals surface area contributed by atoms with E-state index < -0.39 is 0 Å². The average Bonchev–Trinajstić information content (AvgIpc) is 2.75. The molecule has 0 fully saturated rings. The Morgan fingerprint density at radius 1 is 1.30 bits per heavy atom. The molecule has 5 heteroatoms. The van der Waals surface area contributed by atoms with E-state index in [4.69, 9.17) is 4.74 Å². The number of hydrogen-bond acceptors (Lipinski definition) is 3. The molecule has 0 aliphatic heterocycles. The molecule has 0 saturated carbocycles. The summed E-state index contributed by atoms with van der Waals surface area (Å²) >= 11 is 0. The molecular weight excluding hydrogens is 257 g/mol. The Hall–Kier alpha value is -1.88. The van der Waals surface area contributed by atoms with E-state index in [0.717, 1.165) is 18.5 Å².